The van der Waals surface area contributed by atoms with Crippen LogP contribution in [0.4, 0.5) is 5.69 Å². The second kappa shape index (κ2) is 7.57. The number of halogens is 2. The smallest absolute Gasteiger partial charge is 0.165 e. The van der Waals surface area contributed by atoms with Crippen LogP contribution < -0.4 is 14.8 Å². The zero-order chi connectivity index (χ0) is 15.2. The minimum Gasteiger partial charge on any atom is -0.493 e. The van der Waals surface area contributed by atoms with Gasteiger partial charge in [0.05, 0.1) is 19.4 Å². The summed E-state index contributed by atoms with van der Waals surface area (Å²) in [5.74, 6) is 1.51. The van der Waals surface area contributed by atoms with E-state index < -0.39 is 0 Å². The molecule has 0 saturated heterocycles. The standard InChI is InChI=1S/C16H17BrClNO2/c1-3-21-15-6-4-5-11(16(15)20-2)10-19-14-9-12(18)7-8-13(14)17/h4-9,19H,3,10H2,1-2H3. The summed E-state index contributed by atoms with van der Waals surface area (Å²) in [7, 11) is 1.65. The summed E-state index contributed by atoms with van der Waals surface area (Å²) in [5, 5.41) is 4.04. The Bertz CT molecular complexity index is 619. The molecule has 112 valence electrons. The summed E-state index contributed by atoms with van der Waals surface area (Å²) >= 11 is 9.52. The highest BCUT2D eigenvalue weighted by Gasteiger charge is 2.10. The summed E-state index contributed by atoms with van der Waals surface area (Å²) in [6, 6.07) is 11.5. The molecule has 0 aliphatic carbocycles. The Kier molecular flexibility index (Phi) is 5.76. The Morgan fingerprint density at radius 3 is 2.76 bits per heavy atom. The van der Waals surface area contributed by atoms with Gasteiger partial charge in [-0.1, -0.05) is 23.7 Å². The van der Waals surface area contributed by atoms with E-state index in [1.807, 2.05) is 43.3 Å². The van der Waals surface area contributed by atoms with Gasteiger partial charge in [0.15, 0.2) is 11.5 Å². The van der Waals surface area contributed by atoms with Gasteiger partial charge in [-0.2, -0.15) is 0 Å². The van der Waals surface area contributed by atoms with Crippen molar-refractivity contribution in [2.24, 2.45) is 0 Å². The van der Waals surface area contributed by atoms with Gasteiger partial charge in [-0.15, -0.1) is 0 Å². The normalized spacial score (nSPS) is 10.3. The number of rotatable bonds is 6. The van der Waals surface area contributed by atoms with Gasteiger partial charge in [-0.25, -0.2) is 0 Å². The first-order valence-electron chi connectivity index (χ1n) is 6.63. The number of para-hydroxylation sites is 1. The van der Waals surface area contributed by atoms with E-state index in [0.717, 1.165) is 27.2 Å². The largest absolute Gasteiger partial charge is 0.493 e. The predicted octanol–water partition coefficient (Wildman–Crippen LogP) is 5.12. The highest BCUT2D eigenvalue weighted by molar-refractivity contribution is 9.10. The van der Waals surface area contributed by atoms with Gasteiger partial charge >= 0.3 is 0 Å². The number of benzene rings is 2. The summed E-state index contributed by atoms with van der Waals surface area (Å²) < 4.78 is 12.0. The molecule has 2 aromatic carbocycles. The Hall–Kier alpha value is -1.39. The van der Waals surface area contributed by atoms with Gasteiger partial charge in [-0.3, -0.25) is 0 Å². The van der Waals surface area contributed by atoms with Crippen molar-refractivity contribution in [2.45, 2.75) is 13.5 Å². The third-order valence-electron chi connectivity index (χ3n) is 2.96. The minimum absolute atomic E-state index is 0.604. The monoisotopic (exact) mass is 369 g/mol. The fourth-order valence-corrected chi connectivity index (χ4v) is 2.58. The lowest BCUT2D eigenvalue weighted by atomic mass is 10.1. The molecule has 0 aromatic heterocycles. The first kappa shape index (κ1) is 16.0. The van der Waals surface area contributed by atoms with Crippen LogP contribution in [0.15, 0.2) is 40.9 Å². The van der Waals surface area contributed by atoms with E-state index in [0.29, 0.717) is 18.2 Å². The van der Waals surface area contributed by atoms with Crippen molar-refractivity contribution in [3.63, 3.8) is 0 Å². The molecule has 0 aliphatic rings. The second-order valence-electron chi connectivity index (χ2n) is 4.36. The summed E-state index contributed by atoms with van der Waals surface area (Å²) in [6.45, 7) is 3.17. The van der Waals surface area contributed by atoms with Crippen LogP contribution in [0.25, 0.3) is 0 Å². The maximum atomic E-state index is 6.02. The summed E-state index contributed by atoms with van der Waals surface area (Å²) in [5.41, 5.74) is 1.96. The lowest BCUT2D eigenvalue weighted by Crippen LogP contribution is -2.04. The fourth-order valence-electron chi connectivity index (χ4n) is 2.02. The number of hydrogen-bond donors (Lipinski definition) is 1. The molecule has 3 nitrogen and oxygen atoms in total. The molecular weight excluding hydrogens is 354 g/mol. The maximum Gasteiger partial charge on any atom is 0.165 e. The molecular formula is C16H17BrClNO2. The Morgan fingerprint density at radius 2 is 2.05 bits per heavy atom. The van der Waals surface area contributed by atoms with Crippen LogP contribution in [0.3, 0.4) is 0 Å². The van der Waals surface area contributed by atoms with E-state index in [4.69, 9.17) is 21.1 Å². The molecule has 2 aromatic rings. The zero-order valence-electron chi connectivity index (χ0n) is 12.0. The van der Waals surface area contributed by atoms with E-state index in [-0.39, 0.29) is 0 Å². The van der Waals surface area contributed by atoms with Crippen LogP contribution in [0.2, 0.25) is 5.02 Å². The number of ether oxygens (including phenoxy) is 2. The molecule has 1 N–H and O–H groups in total. The molecule has 0 aliphatic heterocycles. The van der Waals surface area contributed by atoms with Crippen LogP contribution in [0.1, 0.15) is 12.5 Å². The number of anilines is 1. The Balaban J connectivity index is 2.19. The predicted molar refractivity (Wildman–Crippen MR) is 90.6 cm³/mol. The lowest BCUT2D eigenvalue weighted by molar-refractivity contribution is 0.309. The third kappa shape index (κ3) is 4.05. The van der Waals surface area contributed by atoms with Gasteiger partial charge in [0.2, 0.25) is 0 Å². The Labute approximate surface area is 138 Å². The average Bonchev–Trinajstić information content (AvgIpc) is 2.48. The molecule has 21 heavy (non-hydrogen) atoms. The molecule has 0 amide bonds. The molecule has 0 atom stereocenters. The van der Waals surface area contributed by atoms with Crippen molar-refractivity contribution < 1.29 is 9.47 Å². The minimum atomic E-state index is 0.604. The molecule has 2 rings (SSSR count). The molecule has 0 radical (unpaired) electrons. The fraction of sp³-hybridized carbons (Fsp3) is 0.250. The van der Waals surface area contributed by atoms with Gasteiger partial charge in [-0.05, 0) is 47.1 Å². The van der Waals surface area contributed by atoms with Gasteiger partial charge in [0.1, 0.15) is 0 Å². The van der Waals surface area contributed by atoms with Crippen LogP contribution in [-0.2, 0) is 6.54 Å². The van der Waals surface area contributed by atoms with Crippen molar-refractivity contribution in [3.8, 4) is 11.5 Å². The summed E-state index contributed by atoms with van der Waals surface area (Å²) in [6.07, 6.45) is 0. The highest BCUT2D eigenvalue weighted by Crippen LogP contribution is 2.32. The quantitative estimate of drug-likeness (QED) is 0.765. The topological polar surface area (TPSA) is 30.5 Å². The maximum absolute atomic E-state index is 6.02. The van der Waals surface area contributed by atoms with Crippen molar-refractivity contribution in [1.82, 2.24) is 0 Å². The number of hydrogen-bond acceptors (Lipinski definition) is 3. The van der Waals surface area contributed by atoms with Gasteiger partial charge in [0, 0.05) is 21.6 Å². The molecule has 0 saturated carbocycles. The van der Waals surface area contributed by atoms with E-state index >= 15 is 0 Å². The average molecular weight is 371 g/mol. The first-order chi connectivity index (χ1) is 10.2. The number of methoxy groups -OCH3 is 1. The van der Waals surface area contributed by atoms with Crippen LogP contribution in [0, 0.1) is 0 Å². The molecule has 0 fully saturated rings. The van der Waals surface area contributed by atoms with Crippen molar-refractivity contribution in [2.75, 3.05) is 19.0 Å². The lowest BCUT2D eigenvalue weighted by Gasteiger charge is -2.15. The van der Waals surface area contributed by atoms with Gasteiger partial charge in [0.25, 0.3) is 0 Å². The molecule has 0 unspecified atom stereocenters. The molecule has 0 bridgehead atoms. The third-order valence-corrected chi connectivity index (χ3v) is 3.89. The summed E-state index contributed by atoms with van der Waals surface area (Å²) in [4.78, 5) is 0. The zero-order valence-corrected chi connectivity index (χ0v) is 14.3. The van der Waals surface area contributed by atoms with E-state index in [1.165, 1.54) is 0 Å². The molecule has 0 heterocycles. The molecule has 5 heteroatoms. The van der Waals surface area contributed by atoms with Crippen LogP contribution in [0.5, 0.6) is 11.5 Å². The van der Waals surface area contributed by atoms with Crippen LogP contribution >= 0.6 is 27.5 Å². The highest BCUT2D eigenvalue weighted by atomic mass is 79.9. The van der Waals surface area contributed by atoms with Crippen molar-refractivity contribution >= 4 is 33.2 Å². The van der Waals surface area contributed by atoms with E-state index in [1.54, 1.807) is 7.11 Å². The Morgan fingerprint density at radius 1 is 1.24 bits per heavy atom. The first-order valence-corrected chi connectivity index (χ1v) is 7.80. The molecule has 0 spiro atoms. The van der Waals surface area contributed by atoms with Crippen molar-refractivity contribution in [3.05, 3.63) is 51.5 Å². The number of nitrogens with one attached hydrogen (secondary N) is 1. The van der Waals surface area contributed by atoms with Crippen LogP contribution in [-0.4, -0.2) is 13.7 Å². The van der Waals surface area contributed by atoms with E-state index in [2.05, 4.69) is 21.2 Å². The second-order valence-corrected chi connectivity index (χ2v) is 5.65. The van der Waals surface area contributed by atoms with Crippen molar-refractivity contribution in [1.29, 1.82) is 0 Å². The van der Waals surface area contributed by atoms with Gasteiger partial charge < -0.3 is 14.8 Å². The van der Waals surface area contributed by atoms with E-state index in [9.17, 15) is 0 Å². The SMILES string of the molecule is CCOc1cccc(CNc2cc(Cl)ccc2Br)c1OC.